The molecule has 10 heteroatoms. The van der Waals surface area contributed by atoms with E-state index in [1.807, 2.05) is 127 Å². The number of hydrogen-bond acceptors (Lipinski definition) is 8. The number of carbonyl (C=O) groups excluding carboxylic acids is 2. The quantitative estimate of drug-likeness (QED) is 0.0959. The zero-order valence-electron chi connectivity index (χ0n) is 32.3. The van der Waals surface area contributed by atoms with E-state index >= 15 is 0 Å². The van der Waals surface area contributed by atoms with Crippen LogP contribution < -0.4 is 29.6 Å². The summed E-state index contributed by atoms with van der Waals surface area (Å²) in [6.45, 7) is -0.177. The van der Waals surface area contributed by atoms with Crippen LogP contribution in [0.4, 0.5) is 11.4 Å². The van der Waals surface area contributed by atoms with E-state index in [0.29, 0.717) is 52.2 Å². The van der Waals surface area contributed by atoms with Crippen molar-refractivity contribution in [2.75, 3.05) is 45.6 Å². The van der Waals surface area contributed by atoms with E-state index in [1.165, 1.54) is 0 Å². The fraction of sp³-hybridized carbons (Fsp3) is 0.149. The summed E-state index contributed by atoms with van der Waals surface area (Å²) in [6.07, 6.45) is 0.325. The van der Waals surface area contributed by atoms with Crippen LogP contribution in [0.3, 0.4) is 0 Å². The molecule has 0 heterocycles. The van der Waals surface area contributed by atoms with Crippen LogP contribution in [0.2, 0.25) is 0 Å². The number of methoxy groups -OCH3 is 4. The first-order chi connectivity index (χ1) is 27.9. The third kappa shape index (κ3) is 10.5. The highest BCUT2D eigenvalue weighted by Gasteiger charge is 2.22. The van der Waals surface area contributed by atoms with Gasteiger partial charge in [0.05, 0.1) is 51.2 Å². The molecule has 0 saturated heterocycles. The fourth-order valence-electron chi connectivity index (χ4n) is 6.11. The van der Waals surface area contributed by atoms with E-state index in [1.54, 1.807) is 52.7 Å². The molecule has 6 aromatic carbocycles. The van der Waals surface area contributed by atoms with Crippen molar-refractivity contribution in [2.45, 2.75) is 12.5 Å². The second kappa shape index (κ2) is 19.4. The Bertz CT molecular complexity index is 2210. The summed E-state index contributed by atoms with van der Waals surface area (Å²) in [7, 11) is 6.45. The van der Waals surface area contributed by atoms with Crippen molar-refractivity contribution in [3.05, 3.63) is 179 Å². The normalized spacial score (nSPS) is 11.0. The summed E-state index contributed by atoms with van der Waals surface area (Å²) in [5.74, 6) is 2.11. The molecule has 0 spiro atoms. The molecule has 0 fully saturated rings. The highest BCUT2D eigenvalue weighted by Crippen LogP contribution is 2.25. The van der Waals surface area contributed by atoms with E-state index in [-0.39, 0.29) is 18.4 Å². The second-order valence-corrected chi connectivity index (χ2v) is 12.8. The van der Waals surface area contributed by atoms with Crippen LogP contribution >= 0.6 is 0 Å². The Morgan fingerprint density at radius 1 is 0.491 bits per heavy atom. The Balaban J connectivity index is 1.28. The monoisotopic (exact) mass is 760 g/mol. The Kier molecular flexibility index (Phi) is 13.4. The van der Waals surface area contributed by atoms with Gasteiger partial charge in [0.2, 0.25) is 11.8 Å². The molecule has 2 amide bonds. The van der Waals surface area contributed by atoms with Gasteiger partial charge in [0.25, 0.3) is 0 Å². The highest BCUT2D eigenvalue weighted by atomic mass is 16.5. The molecular formula is C47H44N4O6. The van der Waals surface area contributed by atoms with E-state index < -0.39 is 6.04 Å². The number of nitrogens with one attached hydrogen (secondary N) is 2. The van der Waals surface area contributed by atoms with Gasteiger partial charge in [0, 0.05) is 28.7 Å². The third-order valence-corrected chi connectivity index (χ3v) is 9.15. The number of nitrogens with zero attached hydrogens (tertiary/aromatic N) is 2. The van der Waals surface area contributed by atoms with Crippen LogP contribution in [0.1, 0.15) is 27.8 Å². The smallest absolute Gasteiger partial charge is 0.249 e. The number of rotatable bonds is 16. The first kappa shape index (κ1) is 39.5. The fourth-order valence-corrected chi connectivity index (χ4v) is 6.11. The molecule has 288 valence electrons. The number of para-hydroxylation sites is 2. The molecule has 0 radical (unpaired) electrons. The van der Waals surface area contributed by atoms with E-state index in [0.717, 1.165) is 27.8 Å². The molecule has 6 aromatic rings. The van der Waals surface area contributed by atoms with Gasteiger partial charge < -0.3 is 29.6 Å². The molecule has 10 nitrogen and oxygen atoms in total. The van der Waals surface area contributed by atoms with Gasteiger partial charge in [-0.25, -0.2) is 0 Å². The molecular weight excluding hydrogens is 717 g/mol. The Hall–Kier alpha value is -7.20. The lowest BCUT2D eigenvalue weighted by Gasteiger charge is -2.18. The van der Waals surface area contributed by atoms with Crippen molar-refractivity contribution in [2.24, 2.45) is 9.98 Å². The summed E-state index contributed by atoms with van der Waals surface area (Å²) in [4.78, 5) is 37.8. The molecule has 0 bridgehead atoms. The molecule has 1 atom stereocenters. The minimum atomic E-state index is -0.850. The highest BCUT2D eigenvalue weighted by molar-refractivity contribution is 6.15. The van der Waals surface area contributed by atoms with Crippen LogP contribution in [0.25, 0.3) is 0 Å². The first-order valence-corrected chi connectivity index (χ1v) is 18.3. The van der Waals surface area contributed by atoms with Gasteiger partial charge in [0.1, 0.15) is 35.6 Å². The van der Waals surface area contributed by atoms with Gasteiger partial charge in [-0.15, -0.1) is 0 Å². The minimum absolute atomic E-state index is 0.177. The maximum absolute atomic E-state index is 14.4. The summed E-state index contributed by atoms with van der Waals surface area (Å²) in [5.41, 5.74) is 6.29. The van der Waals surface area contributed by atoms with Gasteiger partial charge >= 0.3 is 0 Å². The summed E-state index contributed by atoms with van der Waals surface area (Å²) in [5, 5.41) is 6.01. The number of ether oxygens (including phenoxy) is 4. The second-order valence-electron chi connectivity index (χ2n) is 12.8. The topological polar surface area (TPSA) is 120 Å². The van der Waals surface area contributed by atoms with Crippen molar-refractivity contribution in [3.8, 4) is 23.0 Å². The molecule has 2 N–H and O–H groups in total. The first-order valence-electron chi connectivity index (χ1n) is 18.3. The SMILES string of the molecule is COc1ccc(C(=NCC(=O)Nc2ccccc2NC(=O)[C@H](Cc2ccccc2)N=C(c2ccc(OC)cc2)c2ccc(OC)cc2)c2ccc(OC)cc2)cc1. The van der Waals surface area contributed by atoms with Crippen LogP contribution in [-0.2, 0) is 16.0 Å². The Labute approximate surface area is 332 Å². The molecule has 0 saturated carbocycles. The zero-order valence-corrected chi connectivity index (χ0v) is 32.3. The van der Waals surface area contributed by atoms with E-state index in [2.05, 4.69) is 10.6 Å². The number of aliphatic imine (C=N–C) groups is 2. The lowest BCUT2D eigenvalue weighted by molar-refractivity contribution is -0.117. The average Bonchev–Trinajstić information content (AvgIpc) is 3.26. The largest absolute Gasteiger partial charge is 0.497 e. The number of carbonyl (C=O) groups is 2. The third-order valence-electron chi connectivity index (χ3n) is 9.15. The van der Waals surface area contributed by atoms with Crippen molar-refractivity contribution in [1.82, 2.24) is 0 Å². The average molecular weight is 761 g/mol. The van der Waals surface area contributed by atoms with Crippen molar-refractivity contribution in [1.29, 1.82) is 0 Å². The van der Waals surface area contributed by atoms with E-state index in [9.17, 15) is 9.59 Å². The Morgan fingerprint density at radius 2 is 0.877 bits per heavy atom. The number of benzene rings is 6. The number of amides is 2. The number of hydrogen-bond donors (Lipinski definition) is 2. The van der Waals surface area contributed by atoms with E-state index in [4.69, 9.17) is 28.9 Å². The maximum Gasteiger partial charge on any atom is 0.249 e. The van der Waals surface area contributed by atoms with Gasteiger partial charge in [0.15, 0.2) is 0 Å². The molecule has 6 rings (SSSR count). The van der Waals surface area contributed by atoms with Crippen molar-refractivity contribution < 1.29 is 28.5 Å². The van der Waals surface area contributed by atoms with Gasteiger partial charge in [-0.3, -0.25) is 19.6 Å². The van der Waals surface area contributed by atoms with Crippen molar-refractivity contribution >= 4 is 34.6 Å². The van der Waals surface area contributed by atoms with Gasteiger partial charge in [-0.05, 0) is 115 Å². The molecule has 0 aliphatic carbocycles. The predicted molar refractivity (Wildman–Crippen MR) is 226 cm³/mol. The van der Waals surface area contributed by atoms with Gasteiger partial charge in [-0.2, -0.15) is 0 Å². The zero-order chi connectivity index (χ0) is 40.0. The minimum Gasteiger partial charge on any atom is -0.497 e. The molecule has 0 unspecified atom stereocenters. The van der Waals surface area contributed by atoms with Crippen LogP contribution in [0.15, 0.2) is 162 Å². The summed E-state index contributed by atoms with van der Waals surface area (Å²) >= 11 is 0. The molecule has 0 aromatic heterocycles. The van der Waals surface area contributed by atoms with Crippen LogP contribution in [0.5, 0.6) is 23.0 Å². The lowest BCUT2D eigenvalue weighted by Crippen LogP contribution is -2.30. The van der Waals surface area contributed by atoms with Crippen LogP contribution in [0, 0.1) is 0 Å². The summed E-state index contributed by atoms with van der Waals surface area (Å²) < 4.78 is 21.5. The lowest BCUT2D eigenvalue weighted by atomic mass is 10.00. The predicted octanol–water partition coefficient (Wildman–Crippen LogP) is 8.28. The van der Waals surface area contributed by atoms with Crippen molar-refractivity contribution in [3.63, 3.8) is 0 Å². The maximum atomic E-state index is 14.4. The summed E-state index contributed by atoms with van der Waals surface area (Å²) in [6, 6.07) is 46.0. The van der Waals surface area contributed by atoms with Crippen LogP contribution in [-0.4, -0.2) is 64.3 Å². The molecule has 57 heavy (non-hydrogen) atoms. The standard InChI is InChI=1S/C47H44N4O6/c1-54-37-22-14-33(15-23-37)45(34-16-24-38(55-2)25-17-34)48-31-44(52)49-41-12-8-9-13-42(41)51-47(53)43(30-32-10-6-5-7-11-32)50-46(35-18-26-39(56-3)27-19-35)36-20-28-40(57-4)29-21-36/h5-29,43H,30-31H2,1-4H3,(H,49,52)(H,51,53)/t43-/m0/s1. The number of anilines is 2. The Morgan fingerprint density at radius 3 is 1.30 bits per heavy atom. The molecule has 0 aliphatic rings. The molecule has 0 aliphatic heterocycles. The van der Waals surface area contributed by atoms with Gasteiger partial charge in [-0.1, -0.05) is 42.5 Å².